The summed E-state index contributed by atoms with van der Waals surface area (Å²) in [7, 11) is 0. The Morgan fingerprint density at radius 2 is 1.89 bits per heavy atom. The highest BCUT2D eigenvalue weighted by Gasteiger charge is 2.31. The predicted molar refractivity (Wildman–Crippen MR) is 75.8 cm³/mol. The first-order chi connectivity index (χ1) is 9.33. The van der Waals surface area contributed by atoms with Crippen molar-refractivity contribution in [2.45, 2.75) is 37.6 Å². The zero-order valence-corrected chi connectivity index (χ0v) is 11.4. The maximum Gasteiger partial charge on any atom is 0.126 e. The topological polar surface area (TPSA) is 15.3 Å². The third kappa shape index (κ3) is 3.15. The molecule has 104 valence electrons. The van der Waals surface area contributed by atoms with Crippen molar-refractivity contribution in [1.82, 2.24) is 10.2 Å². The summed E-state index contributed by atoms with van der Waals surface area (Å²) in [5.74, 6) is 0.383. The fourth-order valence-electron chi connectivity index (χ4n) is 3.28. The van der Waals surface area contributed by atoms with E-state index in [1.165, 1.54) is 32.5 Å². The van der Waals surface area contributed by atoms with E-state index >= 15 is 0 Å². The van der Waals surface area contributed by atoms with Crippen molar-refractivity contribution in [2.24, 2.45) is 0 Å². The number of benzene rings is 1. The van der Waals surface area contributed by atoms with Gasteiger partial charge in [-0.2, -0.15) is 0 Å². The molecule has 3 heteroatoms. The van der Waals surface area contributed by atoms with Gasteiger partial charge in [0.25, 0.3) is 0 Å². The van der Waals surface area contributed by atoms with Crippen molar-refractivity contribution in [3.05, 3.63) is 35.6 Å². The number of hydrogen-bond donors (Lipinski definition) is 1. The molecule has 1 aliphatic carbocycles. The van der Waals surface area contributed by atoms with Crippen LogP contribution in [0.15, 0.2) is 24.3 Å². The van der Waals surface area contributed by atoms with Crippen molar-refractivity contribution >= 4 is 0 Å². The molecule has 0 unspecified atom stereocenters. The SMILES string of the molecule is Fc1ccccc1C1CC(NCCN2CCCC2)C1. The molecule has 2 nitrogen and oxygen atoms in total. The lowest BCUT2D eigenvalue weighted by molar-refractivity contribution is 0.263. The molecule has 1 aromatic rings. The summed E-state index contributed by atoms with van der Waals surface area (Å²) in [6, 6.07) is 7.80. The Labute approximate surface area is 115 Å². The van der Waals surface area contributed by atoms with E-state index < -0.39 is 0 Å². The maximum absolute atomic E-state index is 13.6. The van der Waals surface area contributed by atoms with Gasteiger partial charge in [0, 0.05) is 19.1 Å². The normalized spacial score (nSPS) is 27.4. The number of halogens is 1. The molecule has 2 aliphatic rings. The molecule has 0 spiro atoms. The summed E-state index contributed by atoms with van der Waals surface area (Å²) >= 11 is 0. The number of hydrogen-bond acceptors (Lipinski definition) is 2. The third-order valence-corrected chi connectivity index (χ3v) is 4.54. The van der Waals surface area contributed by atoms with Crippen LogP contribution in [0.1, 0.15) is 37.2 Å². The smallest absolute Gasteiger partial charge is 0.126 e. The molecule has 0 radical (unpaired) electrons. The number of nitrogens with one attached hydrogen (secondary N) is 1. The van der Waals surface area contributed by atoms with Crippen LogP contribution >= 0.6 is 0 Å². The lowest BCUT2D eigenvalue weighted by Crippen LogP contribution is -2.43. The molecule has 0 atom stereocenters. The Bertz CT molecular complexity index is 409. The van der Waals surface area contributed by atoms with Crippen LogP contribution in [0.4, 0.5) is 4.39 Å². The van der Waals surface area contributed by atoms with Crippen molar-refractivity contribution in [3.63, 3.8) is 0 Å². The molecule has 1 saturated heterocycles. The molecule has 0 bridgehead atoms. The van der Waals surface area contributed by atoms with Gasteiger partial charge in [-0.3, -0.25) is 0 Å². The van der Waals surface area contributed by atoms with E-state index in [9.17, 15) is 4.39 Å². The van der Waals surface area contributed by atoms with Crippen LogP contribution in [0.5, 0.6) is 0 Å². The van der Waals surface area contributed by atoms with Gasteiger partial charge >= 0.3 is 0 Å². The fraction of sp³-hybridized carbons (Fsp3) is 0.625. The van der Waals surface area contributed by atoms with Gasteiger partial charge in [-0.1, -0.05) is 18.2 Å². The first-order valence-electron chi connectivity index (χ1n) is 7.53. The van der Waals surface area contributed by atoms with Gasteiger partial charge in [0.05, 0.1) is 0 Å². The summed E-state index contributed by atoms with van der Waals surface area (Å²) in [5, 5.41) is 3.60. The van der Waals surface area contributed by atoms with E-state index in [0.29, 0.717) is 12.0 Å². The van der Waals surface area contributed by atoms with Crippen molar-refractivity contribution < 1.29 is 4.39 Å². The maximum atomic E-state index is 13.6. The summed E-state index contributed by atoms with van der Waals surface area (Å²) < 4.78 is 13.6. The number of nitrogens with zero attached hydrogens (tertiary/aromatic N) is 1. The van der Waals surface area contributed by atoms with Crippen LogP contribution in [-0.4, -0.2) is 37.1 Å². The van der Waals surface area contributed by atoms with E-state index in [4.69, 9.17) is 0 Å². The highest BCUT2D eigenvalue weighted by atomic mass is 19.1. The van der Waals surface area contributed by atoms with Crippen LogP contribution < -0.4 is 5.32 Å². The molecular formula is C16H23FN2. The van der Waals surface area contributed by atoms with Gasteiger partial charge in [0.15, 0.2) is 0 Å². The second-order valence-electron chi connectivity index (χ2n) is 5.89. The van der Waals surface area contributed by atoms with Gasteiger partial charge in [0.2, 0.25) is 0 Å². The van der Waals surface area contributed by atoms with Crippen molar-refractivity contribution in [2.75, 3.05) is 26.2 Å². The number of rotatable bonds is 5. The summed E-state index contributed by atoms with van der Waals surface area (Å²) in [6.07, 6.45) is 4.89. The van der Waals surface area contributed by atoms with Crippen LogP contribution in [0.2, 0.25) is 0 Å². The average Bonchev–Trinajstić information content (AvgIpc) is 2.87. The van der Waals surface area contributed by atoms with E-state index in [2.05, 4.69) is 10.2 Å². The minimum atomic E-state index is -0.0389. The van der Waals surface area contributed by atoms with E-state index in [1.54, 1.807) is 12.1 Å². The number of likely N-dealkylation sites (tertiary alicyclic amines) is 1. The lowest BCUT2D eigenvalue weighted by Gasteiger charge is -2.37. The first kappa shape index (κ1) is 13.1. The van der Waals surface area contributed by atoms with Crippen LogP contribution in [-0.2, 0) is 0 Å². The molecular weight excluding hydrogens is 239 g/mol. The Kier molecular flexibility index (Phi) is 4.14. The molecule has 1 saturated carbocycles. The zero-order chi connectivity index (χ0) is 13.1. The molecule has 1 N–H and O–H groups in total. The second-order valence-corrected chi connectivity index (χ2v) is 5.89. The predicted octanol–water partition coefficient (Wildman–Crippen LogP) is 2.76. The Balaban J connectivity index is 1.37. The van der Waals surface area contributed by atoms with E-state index in [-0.39, 0.29) is 5.82 Å². The lowest BCUT2D eigenvalue weighted by atomic mass is 9.75. The monoisotopic (exact) mass is 262 g/mol. The molecule has 1 heterocycles. The third-order valence-electron chi connectivity index (χ3n) is 4.54. The second kappa shape index (κ2) is 6.02. The van der Waals surface area contributed by atoms with Gasteiger partial charge in [-0.25, -0.2) is 4.39 Å². The first-order valence-corrected chi connectivity index (χ1v) is 7.53. The Morgan fingerprint density at radius 3 is 2.63 bits per heavy atom. The van der Waals surface area contributed by atoms with Crippen LogP contribution in [0, 0.1) is 5.82 Å². The van der Waals surface area contributed by atoms with E-state index in [1.807, 2.05) is 12.1 Å². The Morgan fingerprint density at radius 1 is 1.16 bits per heavy atom. The molecule has 0 aromatic heterocycles. The quantitative estimate of drug-likeness (QED) is 0.878. The molecule has 3 rings (SSSR count). The fourth-order valence-corrected chi connectivity index (χ4v) is 3.28. The molecule has 0 amide bonds. The van der Waals surface area contributed by atoms with Gasteiger partial charge in [-0.15, -0.1) is 0 Å². The van der Waals surface area contributed by atoms with Crippen LogP contribution in [0.3, 0.4) is 0 Å². The van der Waals surface area contributed by atoms with Gasteiger partial charge in [-0.05, 0) is 56.3 Å². The Hall–Kier alpha value is -0.930. The summed E-state index contributed by atoms with van der Waals surface area (Å²) in [6.45, 7) is 4.78. The minimum absolute atomic E-state index is 0.0389. The molecule has 19 heavy (non-hydrogen) atoms. The highest BCUT2D eigenvalue weighted by Crippen LogP contribution is 2.37. The molecule has 1 aliphatic heterocycles. The van der Waals surface area contributed by atoms with Crippen molar-refractivity contribution in [3.8, 4) is 0 Å². The standard InChI is InChI=1S/C16H23FN2/c17-16-6-2-1-5-15(16)13-11-14(12-13)18-7-10-19-8-3-4-9-19/h1-2,5-6,13-14,18H,3-4,7-12H2. The van der Waals surface area contributed by atoms with Gasteiger partial charge < -0.3 is 10.2 Å². The van der Waals surface area contributed by atoms with Crippen LogP contribution in [0.25, 0.3) is 0 Å². The van der Waals surface area contributed by atoms with Crippen molar-refractivity contribution in [1.29, 1.82) is 0 Å². The highest BCUT2D eigenvalue weighted by molar-refractivity contribution is 5.24. The minimum Gasteiger partial charge on any atom is -0.313 e. The molecule has 1 aromatic carbocycles. The summed E-state index contributed by atoms with van der Waals surface area (Å²) in [5.41, 5.74) is 0.903. The summed E-state index contributed by atoms with van der Waals surface area (Å²) in [4.78, 5) is 2.53. The van der Waals surface area contributed by atoms with Gasteiger partial charge in [0.1, 0.15) is 5.82 Å². The average molecular weight is 262 g/mol. The van der Waals surface area contributed by atoms with E-state index in [0.717, 1.165) is 24.9 Å². The largest absolute Gasteiger partial charge is 0.313 e. The zero-order valence-electron chi connectivity index (χ0n) is 11.4. The molecule has 2 fully saturated rings.